The van der Waals surface area contributed by atoms with E-state index in [1.165, 1.54) is 12.8 Å². The van der Waals surface area contributed by atoms with Crippen molar-refractivity contribution >= 4 is 12.0 Å². The molecule has 1 rings (SSSR count). The van der Waals surface area contributed by atoms with Crippen LogP contribution in [-0.2, 0) is 4.79 Å². The number of carboxylic acid groups (broad SMARTS) is 1. The van der Waals surface area contributed by atoms with E-state index in [2.05, 4.69) is 6.92 Å². The Hall–Kier alpha value is -1.26. The molecule has 5 nitrogen and oxygen atoms in total. The Morgan fingerprint density at radius 3 is 2.53 bits per heavy atom. The van der Waals surface area contributed by atoms with Crippen molar-refractivity contribution in [2.75, 3.05) is 20.6 Å². The number of rotatable bonds is 5. The van der Waals surface area contributed by atoms with E-state index in [4.69, 9.17) is 5.11 Å². The monoisotopic (exact) mass is 270 g/mol. The van der Waals surface area contributed by atoms with Gasteiger partial charge in [-0.15, -0.1) is 0 Å². The molecule has 0 bridgehead atoms. The quantitative estimate of drug-likeness (QED) is 0.834. The van der Waals surface area contributed by atoms with Crippen LogP contribution in [0.25, 0.3) is 0 Å². The fourth-order valence-electron chi connectivity index (χ4n) is 2.74. The fourth-order valence-corrected chi connectivity index (χ4v) is 2.74. The third kappa shape index (κ3) is 5.09. The Morgan fingerprint density at radius 1 is 1.26 bits per heavy atom. The maximum absolute atomic E-state index is 12.2. The molecule has 0 aliphatic heterocycles. The van der Waals surface area contributed by atoms with Gasteiger partial charge in [-0.25, -0.2) is 4.79 Å². The van der Waals surface area contributed by atoms with E-state index >= 15 is 0 Å². The highest BCUT2D eigenvalue weighted by molar-refractivity contribution is 5.74. The molecule has 2 atom stereocenters. The second-order valence-electron chi connectivity index (χ2n) is 5.74. The van der Waals surface area contributed by atoms with Crippen LogP contribution in [0.3, 0.4) is 0 Å². The Balaban J connectivity index is 2.39. The van der Waals surface area contributed by atoms with Crippen LogP contribution in [0.2, 0.25) is 0 Å². The van der Waals surface area contributed by atoms with Crippen molar-refractivity contribution in [2.24, 2.45) is 5.92 Å². The van der Waals surface area contributed by atoms with E-state index in [0.717, 1.165) is 12.8 Å². The van der Waals surface area contributed by atoms with Gasteiger partial charge in [-0.3, -0.25) is 4.79 Å². The second kappa shape index (κ2) is 7.36. The molecule has 2 amide bonds. The molecule has 0 heterocycles. The van der Waals surface area contributed by atoms with Gasteiger partial charge in [-0.05, 0) is 25.2 Å². The Morgan fingerprint density at radius 2 is 1.95 bits per heavy atom. The van der Waals surface area contributed by atoms with Crippen LogP contribution in [0.1, 0.15) is 45.4 Å². The van der Waals surface area contributed by atoms with E-state index in [1.54, 1.807) is 11.9 Å². The number of urea groups is 1. The van der Waals surface area contributed by atoms with Gasteiger partial charge >= 0.3 is 12.0 Å². The van der Waals surface area contributed by atoms with Crippen LogP contribution >= 0.6 is 0 Å². The van der Waals surface area contributed by atoms with Gasteiger partial charge < -0.3 is 14.9 Å². The highest BCUT2D eigenvalue weighted by atomic mass is 16.4. The molecular formula is C14H26N2O3. The summed E-state index contributed by atoms with van der Waals surface area (Å²) >= 11 is 0. The zero-order chi connectivity index (χ0) is 14.4. The standard InChI is InChI=1S/C14H26N2O3/c1-11-6-4-7-12(10-11)16(3)14(19)15(2)9-5-8-13(17)18/h11-12H,4-10H2,1-3H3,(H,17,18). The predicted molar refractivity (Wildman–Crippen MR) is 74.1 cm³/mol. The van der Waals surface area contributed by atoms with E-state index < -0.39 is 5.97 Å². The minimum Gasteiger partial charge on any atom is -0.481 e. The lowest BCUT2D eigenvalue weighted by Crippen LogP contribution is -2.46. The molecule has 0 aromatic rings. The van der Waals surface area contributed by atoms with Crippen molar-refractivity contribution in [1.82, 2.24) is 9.80 Å². The highest BCUT2D eigenvalue weighted by Crippen LogP contribution is 2.27. The summed E-state index contributed by atoms with van der Waals surface area (Å²) in [6.45, 7) is 2.73. The maximum Gasteiger partial charge on any atom is 0.319 e. The molecule has 110 valence electrons. The van der Waals surface area contributed by atoms with Crippen LogP contribution in [0.15, 0.2) is 0 Å². The Labute approximate surface area is 115 Å². The molecule has 1 aliphatic rings. The predicted octanol–water partition coefficient (Wildman–Crippen LogP) is 2.41. The number of aliphatic carboxylic acids is 1. The SMILES string of the molecule is CC1CCCC(N(C)C(=O)N(C)CCCC(=O)O)C1. The van der Waals surface area contributed by atoms with Crippen molar-refractivity contribution in [3.8, 4) is 0 Å². The summed E-state index contributed by atoms with van der Waals surface area (Å²) in [5.41, 5.74) is 0. The summed E-state index contributed by atoms with van der Waals surface area (Å²) in [6, 6.07) is 0.336. The highest BCUT2D eigenvalue weighted by Gasteiger charge is 2.26. The number of hydrogen-bond donors (Lipinski definition) is 1. The van der Waals surface area contributed by atoms with Crippen LogP contribution in [0, 0.1) is 5.92 Å². The molecular weight excluding hydrogens is 244 g/mol. The van der Waals surface area contributed by atoms with Crippen LogP contribution in [0.4, 0.5) is 4.79 Å². The largest absolute Gasteiger partial charge is 0.481 e. The van der Waals surface area contributed by atoms with Crippen LogP contribution < -0.4 is 0 Å². The number of carbonyl (C=O) groups is 2. The van der Waals surface area contributed by atoms with Gasteiger partial charge in [-0.2, -0.15) is 0 Å². The summed E-state index contributed by atoms with van der Waals surface area (Å²) < 4.78 is 0. The maximum atomic E-state index is 12.2. The summed E-state index contributed by atoms with van der Waals surface area (Å²) in [5, 5.41) is 8.59. The fraction of sp³-hybridized carbons (Fsp3) is 0.857. The zero-order valence-electron chi connectivity index (χ0n) is 12.3. The minimum atomic E-state index is -0.810. The smallest absolute Gasteiger partial charge is 0.319 e. The molecule has 0 aromatic carbocycles. The van der Waals surface area contributed by atoms with Crippen molar-refractivity contribution in [2.45, 2.75) is 51.5 Å². The molecule has 5 heteroatoms. The summed E-state index contributed by atoms with van der Waals surface area (Å²) in [4.78, 5) is 26.1. The molecule has 2 unspecified atom stereocenters. The van der Waals surface area contributed by atoms with Crippen molar-refractivity contribution in [3.63, 3.8) is 0 Å². The van der Waals surface area contributed by atoms with Gasteiger partial charge in [0.2, 0.25) is 0 Å². The third-order valence-electron chi connectivity index (χ3n) is 3.97. The number of hydrogen-bond acceptors (Lipinski definition) is 2. The van der Waals surface area contributed by atoms with Gasteiger partial charge in [0.15, 0.2) is 0 Å². The van der Waals surface area contributed by atoms with Crippen molar-refractivity contribution in [3.05, 3.63) is 0 Å². The van der Waals surface area contributed by atoms with Crippen molar-refractivity contribution < 1.29 is 14.7 Å². The normalized spacial score (nSPS) is 22.9. The van der Waals surface area contributed by atoms with Gasteiger partial charge in [0, 0.05) is 33.1 Å². The van der Waals surface area contributed by atoms with Crippen molar-refractivity contribution in [1.29, 1.82) is 0 Å². The average molecular weight is 270 g/mol. The van der Waals surface area contributed by atoms with Gasteiger partial charge in [0.1, 0.15) is 0 Å². The van der Waals surface area contributed by atoms with Gasteiger partial charge in [0.25, 0.3) is 0 Å². The lowest BCUT2D eigenvalue weighted by molar-refractivity contribution is -0.137. The van der Waals surface area contributed by atoms with E-state index in [1.807, 2.05) is 11.9 Å². The second-order valence-corrected chi connectivity index (χ2v) is 5.74. The van der Waals surface area contributed by atoms with Gasteiger partial charge in [0.05, 0.1) is 0 Å². The zero-order valence-corrected chi connectivity index (χ0v) is 12.3. The van der Waals surface area contributed by atoms with E-state index in [9.17, 15) is 9.59 Å². The Bertz CT molecular complexity index is 320. The first kappa shape index (κ1) is 15.8. The number of amides is 2. The third-order valence-corrected chi connectivity index (χ3v) is 3.97. The summed E-state index contributed by atoms with van der Waals surface area (Å²) in [5.74, 6) is -0.123. The lowest BCUT2D eigenvalue weighted by atomic mass is 9.86. The summed E-state index contributed by atoms with van der Waals surface area (Å²) in [7, 11) is 3.60. The summed E-state index contributed by atoms with van der Waals surface area (Å²) in [6.07, 6.45) is 5.22. The Kier molecular flexibility index (Phi) is 6.12. The van der Waals surface area contributed by atoms with Gasteiger partial charge in [-0.1, -0.05) is 19.8 Å². The molecule has 0 aromatic heterocycles. The van der Waals surface area contributed by atoms with Crippen LogP contribution in [-0.4, -0.2) is 53.6 Å². The minimum absolute atomic E-state index is 0.00416. The number of carboxylic acids is 1. The number of nitrogens with zero attached hydrogens (tertiary/aromatic N) is 2. The molecule has 1 N–H and O–H groups in total. The molecule has 1 aliphatic carbocycles. The topological polar surface area (TPSA) is 60.9 Å². The molecule has 0 radical (unpaired) electrons. The van der Waals surface area contributed by atoms with E-state index in [-0.39, 0.29) is 12.5 Å². The molecule has 1 fully saturated rings. The number of carbonyl (C=O) groups excluding carboxylic acids is 1. The first-order chi connectivity index (χ1) is 8.91. The first-order valence-corrected chi connectivity index (χ1v) is 7.11. The average Bonchev–Trinajstić information content (AvgIpc) is 2.36. The molecule has 0 spiro atoms. The van der Waals surface area contributed by atoms with Crippen LogP contribution in [0.5, 0.6) is 0 Å². The lowest BCUT2D eigenvalue weighted by Gasteiger charge is -2.36. The molecule has 1 saturated carbocycles. The molecule has 0 saturated heterocycles. The van der Waals surface area contributed by atoms with E-state index in [0.29, 0.717) is 24.9 Å². The first-order valence-electron chi connectivity index (χ1n) is 7.11. The molecule has 19 heavy (non-hydrogen) atoms.